The van der Waals surface area contributed by atoms with Crippen molar-refractivity contribution in [2.75, 3.05) is 13.2 Å². The molecule has 4 heteroatoms. The maximum Gasteiger partial charge on any atom is 0.119 e. The van der Waals surface area contributed by atoms with Crippen LogP contribution < -0.4 is 10.1 Å². The molecule has 1 saturated heterocycles. The molecule has 20 heavy (non-hydrogen) atoms. The summed E-state index contributed by atoms with van der Waals surface area (Å²) >= 11 is 3.59. The van der Waals surface area contributed by atoms with Gasteiger partial charge in [-0.05, 0) is 43.0 Å². The summed E-state index contributed by atoms with van der Waals surface area (Å²) in [7, 11) is 0. The second-order valence-corrected chi connectivity index (χ2v) is 6.44. The number of nitrogens with one attached hydrogen (secondary N) is 1. The van der Waals surface area contributed by atoms with E-state index in [2.05, 4.69) is 47.2 Å². The minimum Gasteiger partial charge on any atom is -0.491 e. The van der Waals surface area contributed by atoms with Gasteiger partial charge in [-0.15, -0.1) is 0 Å². The molecule has 1 unspecified atom stereocenters. The van der Waals surface area contributed by atoms with Crippen LogP contribution in [0.25, 0.3) is 0 Å². The molecule has 0 spiro atoms. The zero-order chi connectivity index (χ0) is 14.4. The van der Waals surface area contributed by atoms with E-state index in [-0.39, 0.29) is 6.10 Å². The van der Waals surface area contributed by atoms with Crippen LogP contribution >= 0.6 is 15.9 Å². The first kappa shape index (κ1) is 15.8. The van der Waals surface area contributed by atoms with Crippen LogP contribution in [0.1, 0.15) is 38.7 Å². The number of hydrogen-bond donors (Lipinski definition) is 1. The molecule has 1 aliphatic heterocycles. The predicted molar refractivity (Wildman–Crippen MR) is 85.2 cm³/mol. The topological polar surface area (TPSA) is 30.5 Å². The Kier molecular flexibility index (Phi) is 6.33. The number of rotatable bonds is 6. The molecule has 0 radical (unpaired) electrons. The van der Waals surface area contributed by atoms with Gasteiger partial charge in [0.1, 0.15) is 12.4 Å². The van der Waals surface area contributed by atoms with Gasteiger partial charge in [0.05, 0.1) is 6.10 Å². The molecule has 1 atom stereocenters. The molecule has 1 N–H and O–H groups in total. The molecule has 1 fully saturated rings. The first-order valence-electron chi connectivity index (χ1n) is 7.41. The molecule has 3 nitrogen and oxygen atoms in total. The van der Waals surface area contributed by atoms with Gasteiger partial charge in [0, 0.05) is 23.7 Å². The molecule has 112 valence electrons. The third-order valence-corrected chi connectivity index (χ3v) is 4.20. The van der Waals surface area contributed by atoms with Crippen molar-refractivity contribution in [2.24, 2.45) is 0 Å². The van der Waals surface area contributed by atoms with E-state index in [0.29, 0.717) is 12.6 Å². The van der Waals surface area contributed by atoms with Gasteiger partial charge in [-0.3, -0.25) is 0 Å². The first-order valence-corrected chi connectivity index (χ1v) is 8.20. The van der Waals surface area contributed by atoms with Gasteiger partial charge in [0.15, 0.2) is 0 Å². The molecular formula is C16H24BrNO2. The lowest BCUT2D eigenvalue weighted by molar-refractivity contribution is -0.0110. The number of halogens is 1. The monoisotopic (exact) mass is 341 g/mol. The van der Waals surface area contributed by atoms with Crippen molar-refractivity contribution in [3.8, 4) is 5.75 Å². The van der Waals surface area contributed by atoms with E-state index in [4.69, 9.17) is 9.47 Å². The summed E-state index contributed by atoms with van der Waals surface area (Å²) in [5.41, 5.74) is 1.22. The van der Waals surface area contributed by atoms with Crippen LogP contribution in [0, 0.1) is 0 Å². The lowest BCUT2D eigenvalue weighted by Gasteiger charge is -2.22. The van der Waals surface area contributed by atoms with E-state index in [0.717, 1.165) is 29.8 Å². The average molecular weight is 342 g/mol. The van der Waals surface area contributed by atoms with Crippen molar-refractivity contribution < 1.29 is 9.47 Å². The Morgan fingerprint density at radius 3 is 2.95 bits per heavy atom. The van der Waals surface area contributed by atoms with Crippen molar-refractivity contribution in [3.63, 3.8) is 0 Å². The van der Waals surface area contributed by atoms with Crippen molar-refractivity contribution >= 4 is 15.9 Å². The molecule has 0 aromatic heterocycles. The Morgan fingerprint density at radius 1 is 1.40 bits per heavy atom. The van der Waals surface area contributed by atoms with Crippen LogP contribution in [0.5, 0.6) is 5.75 Å². The Hall–Kier alpha value is -0.580. The maximum atomic E-state index is 5.87. The highest BCUT2D eigenvalue weighted by atomic mass is 79.9. The molecule has 2 rings (SSSR count). The van der Waals surface area contributed by atoms with Crippen LogP contribution in [0.3, 0.4) is 0 Å². The fourth-order valence-electron chi connectivity index (χ4n) is 2.22. The summed E-state index contributed by atoms with van der Waals surface area (Å²) in [4.78, 5) is 0. The van der Waals surface area contributed by atoms with Gasteiger partial charge in [-0.1, -0.05) is 29.8 Å². The van der Waals surface area contributed by atoms with Gasteiger partial charge in [-0.2, -0.15) is 0 Å². The SMILES string of the molecule is CC(C)NCc1cc(OCC2CCCCO2)ccc1Br. The van der Waals surface area contributed by atoms with E-state index >= 15 is 0 Å². The van der Waals surface area contributed by atoms with Crippen LogP contribution in [-0.4, -0.2) is 25.4 Å². The fraction of sp³-hybridized carbons (Fsp3) is 0.625. The Bertz CT molecular complexity index is 417. The Labute approximate surface area is 130 Å². The molecule has 0 bridgehead atoms. The minimum atomic E-state index is 0.254. The van der Waals surface area contributed by atoms with Gasteiger partial charge in [0.25, 0.3) is 0 Å². The van der Waals surface area contributed by atoms with Gasteiger partial charge in [0.2, 0.25) is 0 Å². The van der Waals surface area contributed by atoms with Crippen molar-refractivity contribution in [1.82, 2.24) is 5.32 Å². The molecule has 1 aliphatic rings. The summed E-state index contributed by atoms with van der Waals surface area (Å²) in [5.74, 6) is 0.919. The third kappa shape index (κ3) is 5.08. The maximum absolute atomic E-state index is 5.87. The number of benzene rings is 1. The quantitative estimate of drug-likeness (QED) is 0.851. The number of hydrogen-bond acceptors (Lipinski definition) is 3. The molecule has 1 aromatic rings. The minimum absolute atomic E-state index is 0.254. The lowest BCUT2D eigenvalue weighted by atomic mass is 10.1. The molecule has 1 aromatic carbocycles. The van der Waals surface area contributed by atoms with Gasteiger partial charge < -0.3 is 14.8 Å². The normalized spacial score (nSPS) is 19.3. The average Bonchev–Trinajstić information content (AvgIpc) is 2.46. The second kappa shape index (κ2) is 8.01. The fourth-order valence-corrected chi connectivity index (χ4v) is 2.61. The summed E-state index contributed by atoms with van der Waals surface area (Å²) in [6, 6.07) is 6.63. The molecule has 0 aliphatic carbocycles. The summed E-state index contributed by atoms with van der Waals surface area (Å²) in [5, 5.41) is 3.43. The van der Waals surface area contributed by atoms with Crippen LogP contribution in [0.15, 0.2) is 22.7 Å². The van der Waals surface area contributed by atoms with Crippen LogP contribution in [0.4, 0.5) is 0 Å². The second-order valence-electron chi connectivity index (χ2n) is 5.59. The standard InChI is InChI=1S/C16H24BrNO2/c1-12(2)18-10-13-9-14(6-7-16(13)17)20-11-15-5-3-4-8-19-15/h6-7,9,12,15,18H,3-5,8,10-11H2,1-2H3. The molecular weight excluding hydrogens is 318 g/mol. The zero-order valence-corrected chi connectivity index (χ0v) is 13.9. The largest absolute Gasteiger partial charge is 0.491 e. The van der Waals surface area contributed by atoms with Crippen molar-refractivity contribution in [2.45, 2.75) is 51.8 Å². The number of ether oxygens (including phenoxy) is 2. The summed E-state index contributed by atoms with van der Waals surface area (Å²) in [6.45, 7) is 6.66. The lowest BCUT2D eigenvalue weighted by Crippen LogP contribution is -2.26. The Morgan fingerprint density at radius 2 is 2.25 bits per heavy atom. The first-order chi connectivity index (χ1) is 9.65. The predicted octanol–water partition coefficient (Wildman–Crippen LogP) is 3.90. The highest BCUT2D eigenvalue weighted by Crippen LogP contribution is 2.23. The smallest absolute Gasteiger partial charge is 0.119 e. The van der Waals surface area contributed by atoms with Gasteiger partial charge in [-0.25, -0.2) is 0 Å². The van der Waals surface area contributed by atoms with Crippen molar-refractivity contribution in [3.05, 3.63) is 28.2 Å². The Balaban J connectivity index is 1.89. The molecule has 0 amide bonds. The molecule has 1 heterocycles. The van der Waals surface area contributed by atoms with E-state index in [1.165, 1.54) is 18.4 Å². The van der Waals surface area contributed by atoms with Gasteiger partial charge >= 0.3 is 0 Å². The zero-order valence-electron chi connectivity index (χ0n) is 12.3. The summed E-state index contributed by atoms with van der Waals surface area (Å²) in [6.07, 6.45) is 3.79. The highest BCUT2D eigenvalue weighted by molar-refractivity contribution is 9.10. The van der Waals surface area contributed by atoms with E-state index in [1.807, 2.05) is 6.07 Å². The highest BCUT2D eigenvalue weighted by Gasteiger charge is 2.14. The molecule has 0 saturated carbocycles. The van der Waals surface area contributed by atoms with E-state index in [1.54, 1.807) is 0 Å². The van der Waals surface area contributed by atoms with Crippen LogP contribution in [0.2, 0.25) is 0 Å². The van der Waals surface area contributed by atoms with Crippen LogP contribution in [-0.2, 0) is 11.3 Å². The summed E-state index contributed by atoms with van der Waals surface area (Å²) < 4.78 is 12.7. The van der Waals surface area contributed by atoms with E-state index < -0.39 is 0 Å². The third-order valence-electron chi connectivity index (χ3n) is 3.43. The van der Waals surface area contributed by atoms with Crippen molar-refractivity contribution in [1.29, 1.82) is 0 Å². The van der Waals surface area contributed by atoms with E-state index in [9.17, 15) is 0 Å².